The summed E-state index contributed by atoms with van der Waals surface area (Å²) in [6.07, 6.45) is 5.34. The number of allylic oxidation sites excluding steroid dienone is 1. The van der Waals surface area contributed by atoms with E-state index in [0.717, 1.165) is 5.92 Å². The standard InChI is InChI=1S/C8H14/c1-3-8-5-4-7(2)6-8/h8H,2-6H2,1H3. The van der Waals surface area contributed by atoms with E-state index in [4.69, 9.17) is 0 Å². The van der Waals surface area contributed by atoms with E-state index in [1.807, 2.05) is 0 Å². The minimum absolute atomic E-state index is 0.975. The van der Waals surface area contributed by atoms with Crippen molar-refractivity contribution in [3.05, 3.63) is 12.2 Å². The van der Waals surface area contributed by atoms with Gasteiger partial charge in [0.25, 0.3) is 0 Å². The summed E-state index contributed by atoms with van der Waals surface area (Å²) in [4.78, 5) is 0. The highest BCUT2D eigenvalue weighted by atomic mass is 14.2. The molecule has 46 valence electrons. The maximum absolute atomic E-state index is 3.95. The molecular formula is C8H14. The molecule has 0 aromatic heterocycles. The summed E-state index contributed by atoms with van der Waals surface area (Å²) >= 11 is 0. The molecule has 0 heterocycles. The van der Waals surface area contributed by atoms with Crippen LogP contribution >= 0.6 is 0 Å². The van der Waals surface area contributed by atoms with Crippen molar-refractivity contribution in [2.24, 2.45) is 5.92 Å². The summed E-state index contributed by atoms with van der Waals surface area (Å²) in [5.74, 6) is 0.975. The zero-order chi connectivity index (χ0) is 5.98. The molecule has 1 fully saturated rings. The number of hydrogen-bond donors (Lipinski definition) is 0. The van der Waals surface area contributed by atoms with E-state index in [9.17, 15) is 0 Å². The summed E-state index contributed by atoms with van der Waals surface area (Å²) in [5.41, 5.74) is 1.47. The van der Waals surface area contributed by atoms with E-state index in [-0.39, 0.29) is 0 Å². The second kappa shape index (κ2) is 2.34. The van der Waals surface area contributed by atoms with Crippen molar-refractivity contribution in [2.75, 3.05) is 0 Å². The molecule has 8 heavy (non-hydrogen) atoms. The molecule has 0 aromatic rings. The van der Waals surface area contributed by atoms with Crippen molar-refractivity contribution in [3.63, 3.8) is 0 Å². The highest BCUT2D eigenvalue weighted by Crippen LogP contribution is 2.30. The van der Waals surface area contributed by atoms with E-state index in [0.29, 0.717) is 0 Å². The SMILES string of the molecule is C=C1CCC(CC)C1. The Hall–Kier alpha value is -0.260. The molecule has 0 bridgehead atoms. The number of rotatable bonds is 1. The zero-order valence-electron chi connectivity index (χ0n) is 5.61. The van der Waals surface area contributed by atoms with Gasteiger partial charge in [-0.25, -0.2) is 0 Å². The average Bonchev–Trinajstić information content (AvgIpc) is 2.14. The first-order valence-electron chi connectivity index (χ1n) is 3.49. The lowest BCUT2D eigenvalue weighted by Crippen LogP contribution is -1.86. The van der Waals surface area contributed by atoms with Gasteiger partial charge in [-0.2, -0.15) is 0 Å². The molecule has 1 aliphatic rings. The normalized spacial score (nSPS) is 29.1. The van der Waals surface area contributed by atoms with Crippen LogP contribution in [-0.4, -0.2) is 0 Å². The van der Waals surface area contributed by atoms with Gasteiger partial charge in [-0.3, -0.25) is 0 Å². The Morgan fingerprint density at radius 1 is 1.75 bits per heavy atom. The lowest BCUT2D eigenvalue weighted by Gasteiger charge is -1.99. The molecule has 0 aliphatic heterocycles. The second-order valence-corrected chi connectivity index (χ2v) is 2.77. The Morgan fingerprint density at radius 3 is 2.75 bits per heavy atom. The van der Waals surface area contributed by atoms with Crippen molar-refractivity contribution in [1.29, 1.82) is 0 Å². The van der Waals surface area contributed by atoms with E-state index in [2.05, 4.69) is 13.5 Å². The Labute approximate surface area is 51.6 Å². The van der Waals surface area contributed by atoms with Crippen LogP contribution in [0, 0.1) is 5.92 Å². The summed E-state index contributed by atoms with van der Waals surface area (Å²) in [5, 5.41) is 0. The second-order valence-electron chi connectivity index (χ2n) is 2.77. The molecule has 1 saturated carbocycles. The van der Waals surface area contributed by atoms with Crippen LogP contribution in [0.5, 0.6) is 0 Å². The fourth-order valence-corrected chi connectivity index (χ4v) is 1.37. The Bertz CT molecular complexity index is 92.2. The minimum Gasteiger partial charge on any atom is -0.0999 e. The van der Waals surface area contributed by atoms with E-state index in [1.54, 1.807) is 0 Å². The molecule has 0 radical (unpaired) electrons. The van der Waals surface area contributed by atoms with Crippen molar-refractivity contribution >= 4 is 0 Å². The fraction of sp³-hybridized carbons (Fsp3) is 0.750. The molecule has 1 unspecified atom stereocenters. The van der Waals surface area contributed by atoms with Gasteiger partial charge in [0, 0.05) is 0 Å². The molecule has 1 atom stereocenters. The Balaban J connectivity index is 2.32. The highest BCUT2D eigenvalue weighted by molar-refractivity contribution is 5.01. The topological polar surface area (TPSA) is 0 Å². The monoisotopic (exact) mass is 110 g/mol. The minimum atomic E-state index is 0.975. The maximum atomic E-state index is 3.95. The average molecular weight is 110 g/mol. The molecule has 1 rings (SSSR count). The molecule has 0 N–H and O–H groups in total. The molecule has 0 aromatic carbocycles. The summed E-state index contributed by atoms with van der Waals surface area (Å²) < 4.78 is 0. The predicted molar refractivity (Wildman–Crippen MR) is 36.8 cm³/mol. The molecule has 0 heteroatoms. The lowest BCUT2D eigenvalue weighted by atomic mass is 10.1. The highest BCUT2D eigenvalue weighted by Gasteiger charge is 2.14. The lowest BCUT2D eigenvalue weighted by molar-refractivity contribution is 0.538. The number of hydrogen-bond acceptors (Lipinski definition) is 0. The van der Waals surface area contributed by atoms with Crippen LogP contribution in [0.15, 0.2) is 12.2 Å². The van der Waals surface area contributed by atoms with Gasteiger partial charge < -0.3 is 0 Å². The van der Waals surface area contributed by atoms with Crippen LogP contribution in [0.1, 0.15) is 32.6 Å². The van der Waals surface area contributed by atoms with Crippen molar-refractivity contribution in [1.82, 2.24) is 0 Å². The first-order valence-corrected chi connectivity index (χ1v) is 3.49. The third-order valence-electron chi connectivity index (χ3n) is 2.06. The quantitative estimate of drug-likeness (QED) is 0.455. The largest absolute Gasteiger partial charge is 0.0999 e. The van der Waals surface area contributed by atoms with Crippen LogP contribution in [0.25, 0.3) is 0 Å². The molecule has 0 saturated heterocycles. The fourth-order valence-electron chi connectivity index (χ4n) is 1.37. The van der Waals surface area contributed by atoms with Gasteiger partial charge in [0.1, 0.15) is 0 Å². The third-order valence-corrected chi connectivity index (χ3v) is 2.06. The molecule has 0 amide bonds. The van der Waals surface area contributed by atoms with Crippen LogP contribution in [0.3, 0.4) is 0 Å². The van der Waals surface area contributed by atoms with E-state index in [1.165, 1.54) is 31.3 Å². The molecule has 1 aliphatic carbocycles. The molecule has 0 nitrogen and oxygen atoms in total. The Kier molecular flexibility index (Phi) is 1.72. The van der Waals surface area contributed by atoms with Crippen molar-refractivity contribution in [2.45, 2.75) is 32.6 Å². The van der Waals surface area contributed by atoms with Gasteiger partial charge in [0.2, 0.25) is 0 Å². The van der Waals surface area contributed by atoms with E-state index >= 15 is 0 Å². The van der Waals surface area contributed by atoms with E-state index < -0.39 is 0 Å². The maximum Gasteiger partial charge on any atom is -0.0294 e. The van der Waals surface area contributed by atoms with Crippen LogP contribution < -0.4 is 0 Å². The van der Waals surface area contributed by atoms with Gasteiger partial charge in [0.05, 0.1) is 0 Å². The van der Waals surface area contributed by atoms with Gasteiger partial charge in [-0.1, -0.05) is 25.5 Å². The summed E-state index contributed by atoms with van der Waals surface area (Å²) in [7, 11) is 0. The van der Waals surface area contributed by atoms with Gasteiger partial charge in [0.15, 0.2) is 0 Å². The zero-order valence-corrected chi connectivity index (χ0v) is 5.61. The Morgan fingerprint density at radius 2 is 2.50 bits per heavy atom. The van der Waals surface area contributed by atoms with Crippen LogP contribution in [0.2, 0.25) is 0 Å². The van der Waals surface area contributed by atoms with Crippen LogP contribution in [0.4, 0.5) is 0 Å². The smallest absolute Gasteiger partial charge is 0.0294 e. The van der Waals surface area contributed by atoms with Crippen molar-refractivity contribution in [3.8, 4) is 0 Å². The summed E-state index contributed by atoms with van der Waals surface area (Å²) in [6, 6.07) is 0. The molecule has 0 spiro atoms. The molecular weight excluding hydrogens is 96.1 g/mol. The third kappa shape index (κ3) is 1.12. The first-order chi connectivity index (χ1) is 3.83. The van der Waals surface area contributed by atoms with Crippen LogP contribution in [-0.2, 0) is 0 Å². The predicted octanol–water partition coefficient (Wildman–Crippen LogP) is 2.75. The first kappa shape index (κ1) is 5.87. The van der Waals surface area contributed by atoms with Gasteiger partial charge >= 0.3 is 0 Å². The summed E-state index contributed by atoms with van der Waals surface area (Å²) in [6.45, 7) is 6.22. The van der Waals surface area contributed by atoms with Gasteiger partial charge in [-0.15, -0.1) is 0 Å². The van der Waals surface area contributed by atoms with Crippen molar-refractivity contribution < 1.29 is 0 Å². The van der Waals surface area contributed by atoms with Gasteiger partial charge in [-0.05, 0) is 25.2 Å².